The molecule has 4 rings (SSSR count). The van der Waals surface area contributed by atoms with Crippen molar-refractivity contribution in [2.75, 3.05) is 27.2 Å². The molecule has 0 N–H and O–H groups in total. The second-order valence-corrected chi connectivity index (χ2v) is 9.02. The molecular weight excluding hydrogens is 432 g/mol. The van der Waals surface area contributed by atoms with Crippen LogP contribution in [0.1, 0.15) is 29.9 Å². The van der Waals surface area contributed by atoms with Crippen LogP contribution in [0.5, 0.6) is 0 Å². The Bertz CT molecular complexity index is 1310. The summed E-state index contributed by atoms with van der Waals surface area (Å²) >= 11 is 0. The third kappa shape index (κ3) is 4.51. The first-order valence-corrected chi connectivity index (χ1v) is 11.4. The maximum Gasteiger partial charge on any atom is 0.336 e. The number of fused-ring (bicyclic) bond motifs is 1. The lowest BCUT2D eigenvalue weighted by molar-refractivity contribution is -0.140. The van der Waals surface area contributed by atoms with Crippen molar-refractivity contribution in [1.82, 2.24) is 9.80 Å². The van der Waals surface area contributed by atoms with Crippen LogP contribution >= 0.6 is 0 Å². The van der Waals surface area contributed by atoms with E-state index in [1.807, 2.05) is 31.2 Å². The Morgan fingerprint density at radius 2 is 1.88 bits per heavy atom. The van der Waals surface area contributed by atoms with Crippen LogP contribution in [-0.4, -0.2) is 55.1 Å². The number of amides is 2. The molecule has 2 amide bonds. The lowest BCUT2D eigenvalue weighted by Crippen LogP contribution is -2.46. The molecule has 2 aromatic carbocycles. The number of carbonyl (C=O) groups is 3. The number of benzene rings is 2. The van der Waals surface area contributed by atoms with E-state index in [0.717, 1.165) is 28.5 Å². The maximum atomic E-state index is 13.3. The summed E-state index contributed by atoms with van der Waals surface area (Å²) in [5, 5.41) is 0.726. The van der Waals surface area contributed by atoms with Gasteiger partial charge in [0, 0.05) is 44.2 Å². The summed E-state index contributed by atoms with van der Waals surface area (Å²) in [6, 6.07) is 14.3. The van der Waals surface area contributed by atoms with Gasteiger partial charge in [0.2, 0.25) is 11.8 Å². The highest BCUT2D eigenvalue weighted by Gasteiger charge is 2.33. The van der Waals surface area contributed by atoms with Gasteiger partial charge in [-0.25, -0.2) is 4.79 Å². The fraction of sp³-hybridized carbons (Fsp3) is 0.333. The molecule has 7 heteroatoms. The minimum Gasteiger partial charge on any atom is -0.423 e. The summed E-state index contributed by atoms with van der Waals surface area (Å²) in [5.74, 6) is -1.67. The van der Waals surface area contributed by atoms with Crippen molar-refractivity contribution in [1.29, 1.82) is 0 Å². The van der Waals surface area contributed by atoms with Gasteiger partial charge in [0.05, 0.1) is 5.92 Å². The first-order valence-electron chi connectivity index (χ1n) is 11.4. The lowest BCUT2D eigenvalue weighted by Gasteiger charge is -2.34. The van der Waals surface area contributed by atoms with E-state index in [1.54, 1.807) is 37.2 Å². The monoisotopic (exact) mass is 460 g/mol. The van der Waals surface area contributed by atoms with Gasteiger partial charge in [0.1, 0.15) is 17.8 Å². The van der Waals surface area contributed by atoms with Gasteiger partial charge in [-0.3, -0.25) is 9.59 Å². The molecule has 0 radical (unpaired) electrons. The van der Waals surface area contributed by atoms with Crippen molar-refractivity contribution in [2.24, 2.45) is 5.92 Å². The first kappa shape index (κ1) is 23.4. The molecular formula is C27H28N2O5. The van der Waals surface area contributed by atoms with Gasteiger partial charge in [-0.05, 0) is 42.5 Å². The highest BCUT2D eigenvalue weighted by molar-refractivity contribution is 6.00. The smallest absolute Gasteiger partial charge is 0.336 e. The quantitative estimate of drug-likeness (QED) is 0.331. The molecule has 0 aliphatic carbocycles. The highest BCUT2D eigenvalue weighted by atomic mass is 16.4. The molecule has 1 unspecified atom stereocenters. The molecule has 34 heavy (non-hydrogen) atoms. The Balaban J connectivity index is 1.68. The molecule has 1 aliphatic heterocycles. The second kappa shape index (κ2) is 9.63. The third-order valence-electron chi connectivity index (χ3n) is 6.49. The van der Waals surface area contributed by atoms with Gasteiger partial charge in [-0.1, -0.05) is 36.4 Å². The van der Waals surface area contributed by atoms with Gasteiger partial charge in [-0.2, -0.15) is 0 Å². The van der Waals surface area contributed by atoms with Crippen LogP contribution in [-0.2, 0) is 14.4 Å². The van der Waals surface area contributed by atoms with Crippen molar-refractivity contribution in [3.8, 4) is 11.1 Å². The predicted octanol–water partition coefficient (Wildman–Crippen LogP) is 3.38. The minimum absolute atomic E-state index is 0.0173. The van der Waals surface area contributed by atoms with Gasteiger partial charge >= 0.3 is 5.63 Å². The van der Waals surface area contributed by atoms with Crippen LogP contribution in [0.25, 0.3) is 22.1 Å². The van der Waals surface area contributed by atoms with Crippen LogP contribution in [0.3, 0.4) is 0 Å². The van der Waals surface area contributed by atoms with E-state index in [2.05, 4.69) is 0 Å². The molecule has 1 saturated heterocycles. The van der Waals surface area contributed by atoms with Crippen molar-refractivity contribution in [3.05, 3.63) is 70.1 Å². The molecule has 176 valence electrons. The highest BCUT2D eigenvalue weighted by Crippen LogP contribution is 2.32. The van der Waals surface area contributed by atoms with Crippen LogP contribution in [0.15, 0.2) is 57.7 Å². The van der Waals surface area contributed by atoms with E-state index >= 15 is 0 Å². The van der Waals surface area contributed by atoms with E-state index < -0.39 is 11.5 Å². The molecule has 1 aromatic heterocycles. The molecule has 2 atom stereocenters. The molecule has 1 fully saturated rings. The zero-order valence-corrected chi connectivity index (χ0v) is 19.6. The lowest BCUT2D eigenvalue weighted by atomic mass is 9.92. The van der Waals surface area contributed by atoms with Crippen LogP contribution < -0.4 is 5.63 Å². The Kier molecular flexibility index (Phi) is 6.63. The molecule has 2 heterocycles. The van der Waals surface area contributed by atoms with Crippen LogP contribution in [0, 0.1) is 12.8 Å². The number of nitrogens with zero attached hydrogens (tertiary/aromatic N) is 2. The molecule has 1 aliphatic rings. The first-order chi connectivity index (χ1) is 16.3. The third-order valence-corrected chi connectivity index (χ3v) is 6.49. The van der Waals surface area contributed by atoms with Gasteiger partial charge in [0.25, 0.3) is 0 Å². The van der Waals surface area contributed by atoms with E-state index in [4.69, 9.17) is 4.42 Å². The normalized spacial score (nSPS) is 16.8. The number of likely N-dealkylation sites (tertiary alicyclic amines) is 1. The minimum atomic E-state index is -1.04. The summed E-state index contributed by atoms with van der Waals surface area (Å²) in [6.45, 7) is 2.76. The van der Waals surface area contributed by atoms with Crippen LogP contribution in [0.2, 0.25) is 0 Å². The maximum absolute atomic E-state index is 13.3. The van der Waals surface area contributed by atoms with Crippen LogP contribution in [0.4, 0.5) is 0 Å². The topological polar surface area (TPSA) is 87.9 Å². The zero-order valence-electron chi connectivity index (χ0n) is 19.6. The number of hydrogen-bond acceptors (Lipinski definition) is 5. The summed E-state index contributed by atoms with van der Waals surface area (Å²) < 4.78 is 5.45. The van der Waals surface area contributed by atoms with E-state index in [0.29, 0.717) is 36.9 Å². The summed E-state index contributed by atoms with van der Waals surface area (Å²) in [6.07, 6.45) is 2.04. The van der Waals surface area contributed by atoms with Gasteiger partial charge in [-0.15, -0.1) is 0 Å². The number of aldehydes is 1. The average Bonchev–Trinajstić information content (AvgIpc) is 2.83. The zero-order chi connectivity index (χ0) is 24.4. The molecule has 0 saturated carbocycles. The second-order valence-electron chi connectivity index (χ2n) is 9.02. The van der Waals surface area contributed by atoms with E-state index in [9.17, 15) is 19.2 Å². The molecule has 7 nitrogen and oxygen atoms in total. The number of piperidine rings is 1. The van der Waals surface area contributed by atoms with Gasteiger partial charge in [0.15, 0.2) is 0 Å². The number of rotatable bonds is 5. The Morgan fingerprint density at radius 1 is 1.12 bits per heavy atom. The number of hydrogen-bond donors (Lipinski definition) is 0. The Morgan fingerprint density at radius 3 is 2.59 bits per heavy atom. The Labute approximate surface area is 198 Å². The fourth-order valence-electron chi connectivity index (χ4n) is 4.69. The SMILES string of the molecule is Cc1ccccc1-c1cc(=O)oc2cc(C(C=O)C(=O)N3CCC[C@H](C(=O)N(C)C)C3)ccc12. The number of aryl methyl sites for hydroxylation is 1. The Hall–Kier alpha value is -3.74. The van der Waals surface area contributed by atoms with Crippen molar-refractivity contribution < 1.29 is 18.8 Å². The molecule has 3 aromatic rings. The van der Waals surface area contributed by atoms with E-state index in [-0.39, 0.29) is 17.7 Å². The van der Waals surface area contributed by atoms with Crippen molar-refractivity contribution in [3.63, 3.8) is 0 Å². The average molecular weight is 461 g/mol. The van der Waals surface area contributed by atoms with E-state index in [1.165, 1.54) is 11.0 Å². The summed E-state index contributed by atoms with van der Waals surface area (Å²) in [4.78, 5) is 53.2. The predicted molar refractivity (Wildman–Crippen MR) is 129 cm³/mol. The number of carbonyl (C=O) groups excluding carboxylic acids is 3. The standard InChI is InChI=1S/C27H28N2O5/c1-17-7-4-5-9-20(17)22-14-25(31)34-24-13-18(10-11-21(22)24)23(16-30)27(33)29-12-6-8-19(15-29)26(32)28(2)3/h4-5,7,9-11,13-14,16,19,23H,6,8,12,15H2,1-3H3/t19-,23?/m0/s1. The largest absolute Gasteiger partial charge is 0.423 e. The van der Waals surface area contributed by atoms with Crippen molar-refractivity contribution >= 4 is 29.1 Å². The molecule has 0 bridgehead atoms. The summed E-state index contributed by atoms with van der Waals surface area (Å²) in [7, 11) is 3.40. The fourth-order valence-corrected chi connectivity index (χ4v) is 4.69. The van der Waals surface area contributed by atoms with Crippen molar-refractivity contribution in [2.45, 2.75) is 25.7 Å². The molecule has 0 spiro atoms. The van der Waals surface area contributed by atoms with Gasteiger partial charge < -0.3 is 19.0 Å². The summed E-state index contributed by atoms with van der Waals surface area (Å²) in [5.41, 5.74) is 2.96.